The van der Waals surface area contributed by atoms with Crippen molar-refractivity contribution in [2.45, 2.75) is 0 Å². The Balaban J connectivity index is 0. The second-order valence-electron chi connectivity index (χ2n) is 1.82. The largest absolute Gasteiger partial charge is 0.492 e. The highest BCUT2D eigenvalue weighted by Crippen LogP contribution is 2.05. The van der Waals surface area contributed by atoms with E-state index in [-0.39, 0.29) is 24.8 Å². The molecule has 0 aromatic carbocycles. The maximum atomic E-state index is 5.24. The lowest BCUT2D eigenvalue weighted by Crippen LogP contribution is -2.10. The van der Waals surface area contributed by atoms with E-state index >= 15 is 0 Å². The van der Waals surface area contributed by atoms with Crippen LogP contribution in [0.3, 0.4) is 0 Å². The van der Waals surface area contributed by atoms with Gasteiger partial charge in [0.25, 0.3) is 0 Å². The molecule has 1 aromatic heterocycles. The van der Waals surface area contributed by atoms with Crippen molar-refractivity contribution >= 4 is 24.8 Å². The zero-order chi connectivity index (χ0) is 7.23. The van der Waals surface area contributed by atoms with Crippen molar-refractivity contribution in [3.63, 3.8) is 0 Å². The third-order valence-corrected chi connectivity index (χ3v) is 1.04. The van der Waals surface area contributed by atoms with Gasteiger partial charge in [0, 0.05) is 18.9 Å². The highest BCUT2D eigenvalue weighted by molar-refractivity contribution is 5.85. The molecule has 0 aliphatic heterocycles. The van der Waals surface area contributed by atoms with Crippen LogP contribution in [0.5, 0.6) is 5.75 Å². The predicted octanol–water partition coefficient (Wildman–Crippen LogP) is 1.26. The number of hydrogen-bond donors (Lipinski definition) is 1. The number of aromatic nitrogens is 1. The SMILES string of the molecule is Cl.Cl.NCCOc1ccncc1. The third kappa shape index (κ3) is 5.18. The van der Waals surface area contributed by atoms with Crippen molar-refractivity contribution in [1.29, 1.82) is 0 Å². The number of pyridine rings is 1. The van der Waals surface area contributed by atoms with E-state index < -0.39 is 0 Å². The Hall–Kier alpha value is -0.510. The second-order valence-corrected chi connectivity index (χ2v) is 1.82. The van der Waals surface area contributed by atoms with Crippen molar-refractivity contribution in [3.05, 3.63) is 24.5 Å². The van der Waals surface area contributed by atoms with Gasteiger partial charge in [0.1, 0.15) is 12.4 Å². The molecule has 2 N–H and O–H groups in total. The molecule has 0 aliphatic carbocycles. The minimum Gasteiger partial charge on any atom is -0.492 e. The van der Waals surface area contributed by atoms with Crippen LogP contribution in [0.15, 0.2) is 24.5 Å². The smallest absolute Gasteiger partial charge is 0.122 e. The van der Waals surface area contributed by atoms with Crippen LogP contribution in [0.25, 0.3) is 0 Å². The molecule has 0 atom stereocenters. The minimum absolute atomic E-state index is 0. The first kappa shape index (κ1) is 14.0. The normalized spacial score (nSPS) is 7.75. The first-order chi connectivity index (χ1) is 4.93. The topological polar surface area (TPSA) is 48.1 Å². The first-order valence-electron chi connectivity index (χ1n) is 3.16. The minimum atomic E-state index is 0. The summed E-state index contributed by atoms with van der Waals surface area (Å²) >= 11 is 0. The molecule has 1 aromatic rings. The monoisotopic (exact) mass is 210 g/mol. The quantitative estimate of drug-likeness (QED) is 0.818. The third-order valence-electron chi connectivity index (χ3n) is 1.04. The summed E-state index contributed by atoms with van der Waals surface area (Å²) in [5.74, 6) is 0.820. The summed E-state index contributed by atoms with van der Waals surface area (Å²) in [5.41, 5.74) is 5.24. The molecule has 5 heteroatoms. The maximum Gasteiger partial charge on any atom is 0.122 e. The van der Waals surface area contributed by atoms with E-state index in [1.54, 1.807) is 24.5 Å². The second kappa shape index (κ2) is 8.59. The molecule has 0 unspecified atom stereocenters. The average molecular weight is 211 g/mol. The fourth-order valence-electron chi connectivity index (χ4n) is 0.611. The van der Waals surface area contributed by atoms with Crippen molar-refractivity contribution in [1.82, 2.24) is 4.98 Å². The lowest BCUT2D eigenvalue weighted by Gasteiger charge is -2.01. The molecule has 1 heterocycles. The molecule has 70 valence electrons. The predicted molar refractivity (Wildman–Crippen MR) is 53.3 cm³/mol. The molecule has 0 saturated heterocycles. The fraction of sp³-hybridized carbons (Fsp3) is 0.286. The molecule has 12 heavy (non-hydrogen) atoms. The van der Waals surface area contributed by atoms with Gasteiger partial charge >= 0.3 is 0 Å². The van der Waals surface area contributed by atoms with Gasteiger partial charge in [-0.2, -0.15) is 0 Å². The summed E-state index contributed by atoms with van der Waals surface area (Å²) in [6.07, 6.45) is 3.37. The van der Waals surface area contributed by atoms with Gasteiger partial charge < -0.3 is 10.5 Å². The molecule has 0 aliphatic rings. The van der Waals surface area contributed by atoms with E-state index in [0.717, 1.165) is 5.75 Å². The van der Waals surface area contributed by atoms with Gasteiger partial charge in [-0.05, 0) is 12.1 Å². The highest BCUT2D eigenvalue weighted by atomic mass is 35.5. The number of hydrogen-bond acceptors (Lipinski definition) is 3. The molecule has 3 nitrogen and oxygen atoms in total. The van der Waals surface area contributed by atoms with E-state index in [1.165, 1.54) is 0 Å². The van der Waals surface area contributed by atoms with Crippen LogP contribution in [0, 0.1) is 0 Å². The number of ether oxygens (including phenoxy) is 1. The Morgan fingerprint density at radius 3 is 2.33 bits per heavy atom. The summed E-state index contributed by atoms with van der Waals surface area (Å²) in [5, 5.41) is 0. The summed E-state index contributed by atoms with van der Waals surface area (Å²) in [4.78, 5) is 3.84. The Morgan fingerprint density at radius 1 is 1.25 bits per heavy atom. The molecule has 0 fully saturated rings. The number of nitrogens with two attached hydrogens (primary N) is 1. The van der Waals surface area contributed by atoms with E-state index in [4.69, 9.17) is 10.5 Å². The molecule has 0 spiro atoms. The van der Waals surface area contributed by atoms with Crippen LogP contribution in [-0.2, 0) is 0 Å². The van der Waals surface area contributed by atoms with Gasteiger partial charge in [0.15, 0.2) is 0 Å². The summed E-state index contributed by atoms with van der Waals surface area (Å²) in [6, 6.07) is 3.60. The Labute approximate surface area is 84.1 Å². The van der Waals surface area contributed by atoms with Crippen LogP contribution in [0.4, 0.5) is 0 Å². The van der Waals surface area contributed by atoms with Gasteiger partial charge in [-0.25, -0.2) is 0 Å². The van der Waals surface area contributed by atoms with Crippen molar-refractivity contribution in [3.8, 4) is 5.75 Å². The zero-order valence-corrected chi connectivity index (χ0v) is 8.11. The van der Waals surface area contributed by atoms with Gasteiger partial charge in [-0.15, -0.1) is 24.8 Å². The van der Waals surface area contributed by atoms with Crippen LogP contribution in [0.2, 0.25) is 0 Å². The van der Waals surface area contributed by atoms with E-state index in [1.807, 2.05) is 0 Å². The van der Waals surface area contributed by atoms with Crippen LogP contribution >= 0.6 is 24.8 Å². The molecular formula is C7H12Cl2N2O. The van der Waals surface area contributed by atoms with Gasteiger partial charge in [-0.1, -0.05) is 0 Å². The van der Waals surface area contributed by atoms with Crippen LogP contribution in [-0.4, -0.2) is 18.1 Å². The molecule has 1 rings (SSSR count). The molecular weight excluding hydrogens is 199 g/mol. The summed E-state index contributed by atoms with van der Waals surface area (Å²) in [7, 11) is 0. The Kier molecular flexibility index (Phi) is 10.0. The lowest BCUT2D eigenvalue weighted by atomic mass is 10.4. The number of rotatable bonds is 3. The van der Waals surface area contributed by atoms with Crippen molar-refractivity contribution in [2.24, 2.45) is 5.73 Å². The van der Waals surface area contributed by atoms with Crippen LogP contribution < -0.4 is 10.5 Å². The van der Waals surface area contributed by atoms with Gasteiger partial charge in [0.2, 0.25) is 0 Å². The molecule has 0 saturated carbocycles. The van der Waals surface area contributed by atoms with Crippen molar-refractivity contribution in [2.75, 3.05) is 13.2 Å². The Bertz CT molecular complexity index is 184. The summed E-state index contributed by atoms with van der Waals surface area (Å²) in [6.45, 7) is 1.10. The van der Waals surface area contributed by atoms with Gasteiger partial charge in [-0.3, -0.25) is 4.98 Å². The number of halogens is 2. The van der Waals surface area contributed by atoms with E-state index in [2.05, 4.69) is 4.98 Å². The summed E-state index contributed by atoms with van der Waals surface area (Å²) < 4.78 is 5.19. The molecule has 0 amide bonds. The zero-order valence-electron chi connectivity index (χ0n) is 6.47. The standard InChI is InChI=1S/C7H10N2O.2ClH/c8-3-6-10-7-1-4-9-5-2-7;;/h1-2,4-5H,3,6,8H2;2*1H. The highest BCUT2D eigenvalue weighted by Gasteiger charge is 1.87. The maximum absolute atomic E-state index is 5.24. The lowest BCUT2D eigenvalue weighted by molar-refractivity contribution is 0.328. The Morgan fingerprint density at radius 2 is 1.83 bits per heavy atom. The number of nitrogens with zero attached hydrogens (tertiary/aromatic N) is 1. The average Bonchev–Trinajstić information content (AvgIpc) is 2.03. The fourth-order valence-corrected chi connectivity index (χ4v) is 0.611. The van der Waals surface area contributed by atoms with Gasteiger partial charge in [0.05, 0.1) is 0 Å². The van der Waals surface area contributed by atoms with Crippen LogP contribution in [0.1, 0.15) is 0 Å². The molecule has 0 radical (unpaired) electrons. The van der Waals surface area contributed by atoms with E-state index in [9.17, 15) is 0 Å². The molecule has 0 bridgehead atoms. The van der Waals surface area contributed by atoms with Crippen molar-refractivity contribution < 1.29 is 4.74 Å². The van der Waals surface area contributed by atoms with E-state index in [0.29, 0.717) is 13.2 Å². The first-order valence-corrected chi connectivity index (χ1v) is 3.16.